The summed E-state index contributed by atoms with van der Waals surface area (Å²) in [6.07, 6.45) is 0. The molecule has 1 atom stereocenters. The van der Waals surface area contributed by atoms with Crippen LogP contribution in [-0.2, 0) is 0 Å². The van der Waals surface area contributed by atoms with E-state index in [0.717, 1.165) is 5.56 Å². The van der Waals surface area contributed by atoms with Crippen LogP contribution in [0.4, 0.5) is 0 Å². The molecule has 0 spiro atoms. The lowest BCUT2D eigenvalue weighted by Crippen LogP contribution is -2.37. The maximum atomic E-state index is 11.8. The third-order valence-electron chi connectivity index (χ3n) is 2.52. The fraction of sp³-hybridized carbons (Fsp3) is 0.417. The molecule has 88 valence electrons. The van der Waals surface area contributed by atoms with Crippen molar-refractivity contribution < 1.29 is 9.90 Å². The van der Waals surface area contributed by atoms with E-state index in [9.17, 15) is 9.90 Å². The number of carbonyl (C=O) groups excluding carboxylic acids is 1. The largest absolute Gasteiger partial charge is 0.508 e. The van der Waals surface area contributed by atoms with Crippen molar-refractivity contribution in [3.8, 4) is 5.75 Å². The minimum absolute atomic E-state index is 0.111. The number of amides is 1. The molecule has 16 heavy (non-hydrogen) atoms. The van der Waals surface area contributed by atoms with E-state index in [1.807, 2.05) is 14.0 Å². The van der Waals surface area contributed by atoms with Gasteiger partial charge in [0.2, 0.25) is 0 Å². The minimum atomic E-state index is -0.111. The van der Waals surface area contributed by atoms with Crippen LogP contribution < -0.4 is 10.6 Å². The van der Waals surface area contributed by atoms with Crippen molar-refractivity contribution in [1.29, 1.82) is 0 Å². The predicted molar refractivity (Wildman–Crippen MR) is 63.7 cm³/mol. The molecule has 0 saturated heterocycles. The lowest BCUT2D eigenvalue weighted by atomic mass is 10.1. The Bertz CT molecular complexity index is 377. The molecule has 0 aliphatic heterocycles. The molecule has 0 radical (unpaired) electrons. The van der Waals surface area contributed by atoms with E-state index in [-0.39, 0.29) is 17.7 Å². The van der Waals surface area contributed by atoms with Gasteiger partial charge in [-0.25, -0.2) is 0 Å². The standard InChI is InChI=1S/C12H18N2O2/c1-8-6-10(15)4-5-11(8)12(16)14-7-9(2)13-3/h4-6,9,13,15H,7H2,1-3H3,(H,14,16). The van der Waals surface area contributed by atoms with Gasteiger partial charge >= 0.3 is 0 Å². The molecule has 1 aromatic rings. The van der Waals surface area contributed by atoms with Crippen LogP contribution in [0, 0.1) is 6.92 Å². The van der Waals surface area contributed by atoms with Crippen LogP contribution in [0.5, 0.6) is 5.75 Å². The second kappa shape index (κ2) is 5.51. The topological polar surface area (TPSA) is 61.4 Å². The molecule has 3 N–H and O–H groups in total. The summed E-state index contributed by atoms with van der Waals surface area (Å²) in [6, 6.07) is 4.96. The fourth-order valence-electron chi connectivity index (χ4n) is 1.35. The lowest BCUT2D eigenvalue weighted by molar-refractivity contribution is 0.0950. The first-order valence-corrected chi connectivity index (χ1v) is 5.29. The van der Waals surface area contributed by atoms with Gasteiger partial charge in [-0.2, -0.15) is 0 Å². The van der Waals surface area contributed by atoms with Gasteiger partial charge in [-0.05, 0) is 44.7 Å². The van der Waals surface area contributed by atoms with Crippen molar-refractivity contribution in [2.75, 3.05) is 13.6 Å². The summed E-state index contributed by atoms with van der Waals surface area (Å²) >= 11 is 0. The van der Waals surface area contributed by atoms with E-state index in [1.165, 1.54) is 6.07 Å². The second-order valence-electron chi connectivity index (χ2n) is 3.90. The van der Waals surface area contributed by atoms with Crippen LogP contribution in [0.1, 0.15) is 22.8 Å². The van der Waals surface area contributed by atoms with Gasteiger partial charge in [0.1, 0.15) is 5.75 Å². The minimum Gasteiger partial charge on any atom is -0.508 e. The molecule has 0 aliphatic rings. The van der Waals surface area contributed by atoms with Crippen molar-refractivity contribution in [3.05, 3.63) is 29.3 Å². The number of hydrogen-bond donors (Lipinski definition) is 3. The van der Waals surface area contributed by atoms with Crippen molar-refractivity contribution in [3.63, 3.8) is 0 Å². The van der Waals surface area contributed by atoms with Gasteiger partial charge in [0.15, 0.2) is 0 Å². The summed E-state index contributed by atoms with van der Waals surface area (Å²) in [6.45, 7) is 4.37. The van der Waals surface area contributed by atoms with Gasteiger partial charge in [-0.15, -0.1) is 0 Å². The summed E-state index contributed by atoms with van der Waals surface area (Å²) < 4.78 is 0. The van der Waals surface area contributed by atoms with Gasteiger partial charge in [-0.3, -0.25) is 4.79 Å². The summed E-state index contributed by atoms with van der Waals surface area (Å²) in [5.41, 5.74) is 1.37. The molecule has 0 bridgehead atoms. The Balaban J connectivity index is 2.66. The molecule has 0 fully saturated rings. The molecular weight excluding hydrogens is 204 g/mol. The first kappa shape index (κ1) is 12.5. The van der Waals surface area contributed by atoms with E-state index in [4.69, 9.17) is 0 Å². The van der Waals surface area contributed by atoms with Crippen LogP contribution >= 0.6 is 0 Å². The van der Waals surface area contributed by atoms with E-state index < -0.39 is 0 Å². The van der Waals surface area contributed by atoms with E-state index in [2.05, 4.69) is 10.6 Å². The number of aromatic hydroxyl groups is 1. The van der Waals surface area contributed by atoms with E-state index in [1.54, 1.807) is 19.1 Å². The zero-order chi connectivity index (χ0) is 12.1. The number of phenolic OH excluding ortho intramolecular Hbond substituents is 1. The maximum absolute atomic E-state index is 11.8. The SMILES string of the molecule is CNC(C)CNC(=O)c1ccc(O)cc1C. The van der Waals surface area contributed by atoms with Gasteiger partial charge in [0.05, 0.1) is 0 Å². The molecular formula is C12H18N2O2. The third-order valence-corrected chi connectivity index (χ3v) is 2.52. The average Bonchev–Trinajstić information content (AvgIpc) is 2.25. The van der Waals surface area contributed by atoms with Crippen LogP contribution in [0.15, 0.2) is 18.2 Å². The quantitative estimate of drug-likeness (QED) is 0.713. The summed E-state index contributed by atoms with van der Waals surface area (Å²) in [5, 5.41) is 15.1. The third kappa shape index (κ3) is 3.24. The second-order valence-corrected chi connectivity index (χ2v) is 3.90. The number of carbonyl (C=O) groups is 1. The van der Waals surface area contributed by atoms with Crippen molar-refractivity contribution >= 4 is 5.91 Å². The monoisotopic (exact) mass is 222 g/mol. The number of benzene rings is 1. The number of hydrogen-bond acceptors (Lipinski definition) is 3. The molecule has 0 saturated carbocycles. The normalized spacial score (nSPS) is 12.2. The Labute approximate surface area is 95.7 Å². The van der Waals surface area contributed by atoms with Crippen molar-refractivity contribution in [1.82, 2.24) is 10.6 Å². The van der Waals surface area contributed by atoms with Crippen LogP contribution in [0.25, 0.3) is 0 Å². The maximum Gasteiger partial charge on any atom is 0.251 e. The van der Waals surface area contributed by atoms with Crippen LogP contribution in [-0.4, -0.2) is 30.6 Å². The van der Waals surface area contributed by atoms with Crippen molar-refractivity contribution in [2.45, 2.75) is 19.9 Å². The van der Waals surface area contributed by atoms with Gasteiger partial charge in [0, 0.05) is 18.2 Å². The molecule has 0 aromatic heterocycles. The van der Waals surface area contributed by atoms with Gasteiger partial charge in [-0.1, -0.05) is 0 Å². The molecule has 1 unspecified atom stereocenters. The number of phenols is 1. The fourth-order valence-corrected chi connectivity index (χ4v) is 1.35. The summed E-state index contributed by atoms with van der Waals surface area (Å²) in [5.74, 6) is 0.0669. The molecule has 4 heteroatoms. The molecule has 1 amide bonds. The predicted octanol–water partition coefficient (Wildman–Crippen LogP) is 1.04. The smallest absolute Gasteiger partial charge is 0.251 e. The first-order chi connectivity index (χ1) is 7.54. The van der Waals surface area contributed by atoms with Crippen LogP contribution in [0.2, 0.25) is 0 Å². The van der Waals surface area contributed by atoms with E-state index in [0.29, 0.717) is 12.1 Å². The lowest BCUT2D eigenvalue weighted by Gasteiger charge is -2.12. The molecule has 1 aromatic carbocycles. The zero-order valence-corrected chi connectivity index (χ0v) is 9.87. The highest BCUT2D eigenvalue weighted by Crippen LogP contribution is 2.15. The Morgan fingerprint density at radius 2 is 2.19 bits per heavy atom. The first-order valence-electron chi connectivity index (χ1n) is 5.29. The highest BCUT2D eigenvalue weighted by atomic mass is 16.3. The Hall–Kier alpha value is -1.55. The molecule has 1 rings (SSSR count). The van der Waals surface area contributed by atoms with Crippen LogP contribution in [0.3, 0.4) is 0 Å². The number of nitrogens with one attached hydrogen (secondary N) is 2. The van der Waals surface area contributed by atoms with Crippen molar-refractivity contribution in [2.24, 2.45) is 0 Å². The summed E-state index contributed by atoms with van der Waals surface area (Å²) in [7, 11) is 1.85. The Morgan fingerprint density at radius 1 is 1.50 bits per heavy atom. The molecule has 0 heterocycles. The highest BCUT2D eigenvalue weighted by Gasteiger charge is 2.09. The number of likely N-dealkylation sites (N-methyl/N-ethyl adjacent to an activating group) is 1. The number of aryl methyl sites for hydroxylation is 1. The van der Waals surface area contributed by atoms with Gasteiger partial charge in [0.25, 0.3) is 5.91 Å². The zero-order valence-electron chi connectivity index (χ0n) is 9.87. The van der Waals surface area contributed by atoms with E-state index >= 15 is 0 Å². The average molecular weight is 222 g/mol. The Morgan fingerprint density at radius 3 is 2.75 bits per heavy atom. The summed E-state index contributed by atoms with van der Waals surface area (Å²) in [4.78, 5) is 11.8. The highest BCUT2D eigenvalue weighted by molar-refractivity contribution is 5.95. The van der Waals surface area contributed by atoms with Gasteiger partial charge < -0.3 is 15.7 Å². The Kier molecular flexibility index (Phi) is 4.31. The number of rotatable bonds is 4. The molecule has 4 nitrogen and oxygen atoms in total. The molecule has 0 aliphatic carbocycles.